The third kappa shape index (κ3) is 4.31. The number of amides is 1. The molecule has 0 atom stereocenters. The number of hydrogen-bond donors (Lipinski definition) is 1. The van der Waals surface area contributed by atoms with Gasteiger partial charge in [-0.15, -0.1) is 11.3 Å². The van der Waals surface area contributed by atoms with Gasteiger partial charge in [-0.1, -0.05) is 36.4 Å². The molecule has 4 rings (SSSR count). The zero-order valence-corrected chi connectivity index (χ0v) is 16.9. The molecule has 150 valence electrons. The second kappa shape index (κ2) is 8.34. The van der Waals surface area contributed by atoms with E-state index in [0.717, 1.165) is 27.6 Å². The highest BCUT2D eigenvalue weighted by molar-refractivity contribution is 7.12. The summed E-state index contributed by atoms with van der Waals surface area (Å²) >= 11 is 1.27. The molecule has 1 aromatic heterocycles. The number of rotatable bonds is 6. The van der Waals surface area contributed by atoms with E-state index in [9.17, 15) is 14.9 Å². The fourth-order valence-electron chi connectivity index (χ4n) is 3.08. The molecule has 0 radical (unpaired) electrons. The number of anilines is 1. The van der Waals surface area contributed by atoms with Gasteiger partial charge in [0.05, 0.1) is 9.80 Å². The molecule has 0 saturated heterocycles. The van der Waals surface area contributed by atoms with E-state index in [1.807, 2.05) is 47.8 Å². The van der Waals surface area contributed by atoms with Crippen molar-refractivity contribution in [2.24, 2.45) is 0 Å². The first-order valence-corrected chi connectivity index (χ1v) is 10.1. The normalized spacial score (nSPS) is 10.7. The average molecular weight is 418 g/mol. The SMILES string of the molecule is Cc1ccc(NC(=O)c2cc(COc3ccc4ccccc4c3)cs2)c([N+](=O)[O-])c1. The Balaban J connectivity index is 1.43. The van der Waals surface area contributed by atoms with E-state index in [0.29, 0.717) is 11.5 Å². The Morgan fingerprint density at radius 1 is 1.07 bits per heavy atom. The standard InChI is InChI=1S/C23H18N2O4S/c1-15-6-9-20(21(10-15)25(27)28)24-23(26)22-11-16(14-30-22)13-29-19-8-7-17-4-2-3-5-18(17)12-19/h2-12,14H,13H2,1H3,(H,24,26). The number of fused-ring (bicyclic) bond motifs is 1. The van der Waals surface area contributed by atoms with Crippen molar-refractivity contribution in [1.29, 1.82) is 0 Å². The topological polar surface area (TPSA) is 81.5 Å². The van der Waals surface area contributed by atoms with Crippen molar-refractivity contribution in [3.8, 4) is 5.75 Å². The highest BCUT2D eigenvalue weighted by Crippen LogP contribution is 2.27. The summed E-state index contributed by atoms with van der Waals surface area (Å²) in [6, 6.07) is 20.4. The number of benzene rings is 3. The summed E-state index contributed by atoms with van der Waals surface area (Å²) in [5, 5.41) is 18.0. The fourth-order valence-corrected chi connectivity index (χ4v) is 3.87. The van der Waals surface area contributed by atoms with Crippen LogP contribution in [0.3, 0.4) is 0 Å². The number of carbonyl (C=O) groups excluding carboxylic acids is 1. The first-order valence-electron chi connectivity index (χ1n) is 9.25. The highest BCUT2D eigenvalue weighted by Gasteiger charge is 2.18. The lowest BCUT2D eigenvalue weighted by molar-refractivity contribution is -0.384. The summed E-state index contributed by atoms with van der Waals surface area (Å²) < 4.78 is 5.86. The van der Waals surface area contributed by atoms with Gasteiger partial charge in [0.2, 0.25) is 0 Å². The van der Waals surface area contributed by atoms with E-state index in [2.05, 4.69) is 5.32 Å². The number of nitrogens with one attached hydrogen (secondary N) is 1. The monoisotopic (exact) mass is 418 g/mol. The number of aryl methyl sites for hydroxylation is 1. The second-order valence-electron chi connectivity index (χ2n) is 6.85. The van der Waals surface area contributed by atoms with Crippen LogP contribution in [-0.4, -0.2) is 10.8 Å². The number of nitro benzene ring substituents is 1. The van der Waals surface area contributed by atoms with E-state index in [-0.39, 0.29) is 17.3 Å². The summed E-state index contributed by atoms with van der Waals surface area (Å²) in [6.45, 7) is 2.09. The number of ether oxygens (including phenoxy) is 1. The van der Waals surface area contributed by atoms with Gasteiger partial charge in [-0.05, 0) is 52.9 Å². The molecule has 30 heavy (non-hydrogen) atoms. The third-order valence-corrected chi connectivity index (χ3v) is 5.58. The van der Waals surface area contributed by atoms with Crippen molar-refractivity contribution < 1.29 is 14.5 Å². The molecule has 0 spiro atoms. The Kier molecular flexibility index (Phi) is 5.45. The van der Waals surface area contributed by atoms with Crippen LogP contribution in [-0.2, 0) is 6.61 Å². The number of carbonyl (C=O) groups is 1. The minimum atomic E-state index is -0.500. The third-order valence-electron chi connectivity index (χ3n) is 4.60. The van der Waals surface area contributed by atoms with Crippen molar-refractivity contribution in [3.63, 3.8) is 0 Å². The van der Waals surface area contributed by atoms with E-state index in [1.54, 1.807) is 25.1 Å². The molecule has 1 heterocycles. The van der Waals surface area contributed by atoms with Gasteiger partial charge in [-0.2, -0.15) is 0 Å². The molecule has 6 nitrogen and oxygen atoms in total. The van der Waals surface area contributed by atoms with Gasteiger partial charge in [0, 0.05) is 11.6 Å². The van der Waals surface area contributed by atoms with Crippen LogP contribution in [0.1, 0.15) is 20.8 Å². The van der Waals surface area contributed by atoms with E-state index < -0.39 is 4.92 Å². The van der Waals surface area contributed by atoms with Gasteiger partial charge >= 0.3 is 0 Å². The Morgan fingerprint density at radius 2 is 1.87 bits per heavy atom. The zero-order valence-electron chi connectivity index (χ0n) is 16.1. The maximum absolute atomic E-state index is 12.5. The van der Waals surface area contributed by atoms with Crippen LogP contribution in [0.25, 0.3) is 10.8 Å². The molecule has 3 aromatic carbocycles. The summed E-state index contributed by atoms with van der Waals surface area (Å²) in [4.78, 5) is 23.7. The maximum Gasteiger partial charge on any atom is 0.293 e. The summed E-state index contributed by atoms with van der Waals surface area (Å²) in [7, 11) is 0. The first-order chi connectivity index (χ1) is 14.5. The van der Waals surface area contributed by atoms with Crippen LogP contribution in [0.2, 0.25) is 0 Å². The maximum atomic E-state index is 12.5. The second-order valence-corrected chi connectivity index (χ2v) is 7.76. The van der Waals surface area contributed by atoms with E-state index in [1.165, 1.54) is 17.4 Å². The number of thiophene rings is 1. The van der Waals surface area contributed by atoms with Crippen molar-refractivity contribution >= 4 is 39.4 Å². The number of hydrogen-bond acceptors (Lipinski definition) is 5. The fraction of sp³-hybridized carbons (Fsp3) is 0.0870. The molecule has 0 bridgehead atoms. The number of nitrogens with zero attached hydrogens (tertiary/aromatic N) is 1. The van der Waals surface area contributed by atoms with Gasteiger partial charge in [0.15, 0.2) is 0 Å². The Labute approximate surface area is 176 Å². The molecule has 0 aliphatic heterocycles. The minimum absolute atomic E-state index is 0.125. The van der Waals surface area contributed by atoms with E-state index >= 15 is 0 Å². The summed E-state index contributed by atoms with van der Waals surface area (Å²) in [5.41, 5.74) is 1.67. The van der Waals surface area contributed by atoms with E-state index in [4.69, 9.17) is 4.74 Å². The van der Waals surface area contributed by atoms with Crippen LogP contribution in [0, 0.1) is 17.0 Å². The summed E-state index contributed by atoms with van der Waals surface area (Å²) in [5.74, 6) is 0.366. The molecule has 7 heteroatoms. The lowest BCUT2D eigenvalue weighted by Gasteiger charge is -2.06. The van der Waals surface area contributed by atoms with Gasteiger partial charge in [0.25, 0.3) is 11.6 Å². The molecule has 0 aliphatic carbocycles. The van der Waals surface area contributed by atoms with Crippen molar-refractivity contribution in [1.82, 2.24) is 0 Å². The predicted octanol–water partition coefficient (Wildman–Crippen LogP) is 5.95. The van der Waals surface area contributed by atoms with Crippen LogP contribution in [0.5, 0.6) is 5.75 Å². The zero-order chi connectivity index (χ0) is 21.1. The van der Waals surface area contributed by atoms with Gasteiger partial charge in [-0.25, -0.2) is 0 Å². The number of nitro groups is 1. The van der Waals surface area contributed by atoms with Crippen LogP contribution in [0.4, 0.5) is 11.4 Å². The molecule has 0 fully saturated rings. The molecule has 4 aromatic rings. The minimum Gasteiger partial charge on any atom is -0.489 e. The Morgan fingerprint density at radius 3 is 2.67 bits per heavy atom. The van der Waals surface area contributed by atoms with Gasteiger partial charge in [-0.3, -0.25) is 14.9 Å². The summed E-state index contributed by atoms with van der Waals surface area (Å²) in [6.07, 6.45) is 0. The molecular formula is C23H18N2O4S. The van der Waals surface area contributed by atoms with Crippen molar-refractivity contribution in [3.05, 3.63) is 98.2 Å². The lowest BCUT2D eigenvalue weighted by atomic mass is 10.1. The molecule has 0 aliphatic rings. The highest BCUT2D eigenvalue weighted by atomic mass is 32.1. The van der Waals surface area contributed by atoms with Crippen LogP contribution < -0.4 is 10.1 Å². The first kappa shape index (κ1) is 19.6. The quantitative estimate of drug-likeness (QED) is 0.310. The largest absolute Gasteiger partial charge is 0.489 e. The van der Waals surface area contributed by atoms with Gasteiger partial charge in [0.1, 0.15) is 18.0 Å². The average Bonchev–Trinajstić information content (AvgIpc) is 3.22. The van der Waals surface area contributed by atoms with Gasteiger partial charge < -0.3 is 10.1 Å². The molecule has 1 N–H and O–H groups in total. The van der Waals surface area contributed by atoms with Crippen LogP contribution >= 0.6 is 11.3 Å². The Bertz CT molecular complexity index is 1250. The molecule has 0 unspecified atom stereocenters. The molecule has 0 saturated carbocycles. The Hall–Kier alpha value is -3.71. The molecular weight excluding hydrogens is 400 g/mol. The van der Waals surface area contributed by atoms with Crippen molar-refractivity contribution in [2.45, 2.75) is 13.5 Å². The van der Waals surface area contributed by atoms with Crippen molar-refractivity contribution in [2.75, 3.05) is 5.32 Å². The molecule has 1 amide bonds. The predicted molar refractivity (Wildman–Crippen MR) is 118 cm³/mol. The van der Waals surface area contributed by atoms with Crippen LogP contribution in [0.15, 0.2) is 72.1 Å². The smallest absolute Gasteiger partial charge is 0.293 e. The lowest BCUT2D eigenvalue weighted by Crippen LogP contribution is -2.11.